The van der Waals surface area contributed by atoms with Gasteiger partial charge in [0.25, 0.3) is 0 Å². The van der Waals surface area contributed by atoms with Crippen LogP contribution in [0.2, 0.25) is 0 Å². The van der Waals surface area contributed by atoms with Crippen molar-refractivity contribution in [3.05, 3.63) is 18.1 Å². The van der Waals surface area contributed by atoms with Gasteiger partial charge in [0.2, 0.25) is 0 Å². The Morgan fingerprint density at radius 1 is 1.26 bits per heavy atom. The predicted molar refractivity (Wildman–Crippen MR) is 103 cm³/mol. The summed E-state index contributed by atoms with van der Waals surface area (Å²) in [4.78, 5) is 11.1. The fourth-order valence-electron chi connectivity index (χ4n) is 4.34. The number of anilines is 1. The molecule has 2 N–H and O–H groups in total. The van der Waals surface area contributed by atoms with Gasteiger partial charge in [-0.05, 0) is 26.7 Å². The summed E-state index contributed by atoms with van der Waals surface area (Å²) in [5.74, 6) is 2.45. The minimum Gasteiger partial charge on any atom is -0.373 e. The van der Waals surface area contributed by atoms with E-state index in [0.717, 1.165) is 24.6 Å². The van der Waals surface area contributed by atoms with Crippen LogP contribution >= 0.6 is 0 Å². The van der Waals surface area contributed by atoms with Crippen molar-refractivity contribution in [3.8, 4) is 0 Å². The van der Waals surface area contributed by atoms with Crippen molar-refractivity contribution >= 4 is 16.6 Å². The first-order valence-corrected chi connectivity index (χ1v) is 11.2. The van der Waals surface area contributed by atoms with Crippen molar-refractivity contribution in [2.75, 3.05) is 29.5 Å². The van der Waals surface area contributed by atoms with E-state index < -0.39 is 17.0 Å². The molecule has 3 fully saturated rings. The number of alkyl halides is 1. The lowest BCUT2D eigenvalue weighted by molar-refractivity contribution is -0.0708. The first-order valence-electron chi connectivity index (χ1n) is 9.73. The van der Waals surface area contributed by atoms with Gasteiger partial charge < -0.3 is 9.64 Å². The van der Waals surface area contributed by atoms with Crippen LogP contribution in [0.5, 0.6) is 0 Å². The molecule has 27 heavy (non-hydrogen) atoms. The minimum absolute atomic E-state index is 0.00133. The van der Waals surface area contributed by atoms with Crippen LogP contribution in [0.25, 0.3) is 0 Å². The second-order valence-corrected chi connectivity index (χ2v) is 9.58. The van der Waals surface area contributed by atoms with E-state index in [9.17, 15) is 8.60 Å². The topological polar surface area (TPSA) is 79.4 Å². The molecule has 1 aromatic rings. The highest BCUT2D eigenvalue weighted by molar-refractivity contribution is 7.85. The van der Waals surface area contributed by atoms with Gasteiger partial charge in [-0.2, -0.15) is 0 Å². The molecule has 5 unspecified atom stereocenters. The van der Waals surface area contributed by atoms with Crippen LogP contribution < -0.4 is 15.8 Å². The van der Waals surface area contributed by atoms with Gasteiger partial charge in [0.1, 0.15) is 18.3 Å². The molecule has 9 heteroatoms. The third-order valence-electron chi connectivity index (χ3n) is 5.70. The zero-order valence-corrected chi connectivity index (χ0v) is 16.6. The van der Waals surface area contributed by atoms with Gasteiger partial charge in [-0.1, -0.05) is 0 Å². The number of hydrogen-bond acceptors (Lipinski definition) is 7. The molecule has 3 aliphatic rings. The van der Waals surface area contributed by atoms with Crippen molar-refractivity contribution in [1.29, 1.82) is 0 Å². The Balaban J connectivity index is 1.50. The van der Waals surface area contributed by atoms with E-state index in [1.54, 1.807) is 6.33 Å². The maximum atomic E-state index is 14.5. The lowest BCUT2D eigenvalue weighted by atomic mass is 9.78. The van der Waals surface area contributed by atoms with Crippen molar-refractivity contribution in [3.63, 3.8) is 0 Å². The molecule has 0 spiro atoms. The number of hydrogen-bond donors (Lipinski definition) is 2. The molecule has 0 aromatic carbocycles. The molecule has 3 heterocycles. The van der Waals surface area contributed by atoms with Gasteiger partial charge in [0.15, 0.2) is 0 Å². The first-order chi connectivity index (χ1) is 13.0. The number of fused-ring (bicyclic) bond motifs is 1. The van der Waals surface area contributed by atoms with E-state index in [1.807, 2.05) is 19.9 Å². The summed E-state index contributed by atoms with van der Waals surface area (Å²) in [5.41, 5.74) is 7.48. The van der Waals surface area contributed by atoms with Crippen molar-refractivity contribution in [2.45, 2.75) is 57.2 Å². The number of halogens is 1. The number of rotatable bonds is 4. The van der Waals surface area contributed by atoms with E-state index in [4.69, 9.17) is 4.74 Å². The molecule has 1 aliphatic carbocycles. The van der Waals surface area contributed by atoms with Crippen LogP contribution in [0.15, 0.2) is 12.4 Å². The third-order valence-corrected chi connectivity index (χ3v) is 6.97. The van der Waals surface area contributed by atoms with Crippen LogP contribution in [0.4, 0.5) is 10.2 Å². The zero-order valence-electron chi connectivity index (χ0n) is 15.8. The summed E-state index contributed by atoms with van der Waals surface area (Å²) in [6.45, 7) is 5.40. The van der Waals surface area contributed by atoms with Crippen molar-refractivity contribution < 1.29 is 13.3 Å². The SMILES string of the molecule is CC(C)OC1CC2C(CC1F)NNC2c1cc(N2CCS(=O)CC2)ncn1. The first kappa shape index (κ1) is 19.2. The largest absolute Gasteiger partial charge is 0.373 e. The number of hydrazine groups is 1. The van der Waals surface area contributed by atoms with Gasteiger partial charge in [-0.25, -0.2) is 19.8 Å². The molecule has 2 saturated heterocycles. The van der Waals surface area contributed by atoms with Gasteiger partial charge in [0, 0.05) is 53.4 Å². The highest BCUT2D eigenvalue weighted by Crippen LogP contribution is 2.40. The third kappa shape index (κ3) is 4.16. The van der Waals surface area contributed by atoms with Gasteiger partial charge in [-0.15, -0.1) is 0 Å². The number of nitrogens with one attached hydrogen (secondary N) is 2. The normalized spacial score (nSPS) is 34.8. The van der Waals surface area contributed by atoms with Crippen molar-refractivity contribution in [1.82, 2.24) is 20.8 Å². The molecule has 0 amide bonds. The molecule has 7 nitrogen and oxygen atoms in total. The Morgan fingerprint density at radius 2 is 2.04 bits per heavy atom. The van der Waals surface area contributed by atoms with Gasteiger partial charge >= 0.3 is 0 Å². The summed E-state index contributed by atoms with van der Waals surface area (Å²) in [5, 5.41) is 0. The molecule has 0 bridgehead atoms. The van der Waals surface area contributed by atoms with Crippen LogP contribution in [0, 0.1) is 5.92 Å². The summed E-state index contributed by atoms with van der Waals surface area (Å²) < 4.78 is 31.9. The molecule has 4 rings (SSSR count). The van der Waals surface area contributed by atoms with Crippen molar-refractivity contribution in [2.24, 2.45) is 5.92 Å². The minimum atomic E-state index is -0.947. The van der Waals surface area contributed by atoms with E-state index >= 15 is 0 Å². The Hall–Kier alpha value is -1.16. The molecule has 0 radical (unpaired) electrons. The van der Waals surface area contributed by atoms with Gasteiger partial charge in [0.05, 0.1) is 23.9 Å². The summed E-state index contributed by atoms with van der Waals surface area (Å²) in [7, 11) is -0.717. The molecule has 2 aliphatic heterocycles. The fraction of sp³-hybridized carbons (Fsp3) is 0.778. The smallest absolute Gasteiger partial charge is 0.132 e. The zero-order chi connectivity index (χ0) is 19.0. The van der Waals surface area contributed by atoms with E-state index in [1.165, 1.54) is 0 Å². The predicted octanol–water partition coefficient (Wildman–Crippen LogP) is 1.10. The monoisotopic (exact) mass is 397 g/mol. The van der Waals surface area contributed by atoms with Crippen LogP contribution in [0.1, 0.15) is 38.4 Å². The van der Waals surface area contributed by atoms with Gasteiger partial charge in [-0.3, -0.25) is 9.63 Å². The molecule has 1 saturated carbocycles. The molecular weight excluding hydrogens is 369 g/mol. The molecular formula is C18H28FN5O2S. The van der Waals surface area contributed by atoms with Crippen LogP contribution in [-0.2, 0) is 15.5 Å². The maximum Gasteiger partial charge on any atom is 0.132 e. The Kier molecular flexibility index (Phi) is 5.73. The second-order valence-electron chi connectivity index (χ2n) is 7.88. The summed E-state index contributed by atoms with van der Waals surface area (Å²) >= 11 is 0. The summed E-state index contributed by atoms with van der Waals surface area (Å²) in [6, 6.07) is 2.09. The quantitative estimate of drug-likeness (QED) is 0.788. The average molecular weight is 398 g/mol. The molecule has 1 aromatic heterocycles. The number of nitrogens with zero attached hydrogens (tertiary/aromatic N) is 3. The highest BCUT2D eigenvalue weighted by atomic mass is 32.2. The van der Waals surface area contributed by atoms with Crippen LogP contribution in [-0.4, -0.2) is 63.2 Å². The maximum absolute atomic E-state index is 14.5. The number of aromatic nitrogens is 2. The molecule has 5 atom stereocenters. The standard InChI is InChI=1S/C18H28FN5O2S/c1-11(2)26-16-7-12-14(8-13(16)19)22-23-18(12)15-9-17(21-10-20-15)24-3-5-27(25)6-4-24/h9-14,16,18,22-23H,3-8H2,1-2H3. The van der Waals surface area contributed by atoms with E-state index in [0.29, 0.717) is 24.3 Å². The highest BCUT2D eigenvalue weighted by Gasteiger charge is 2.46. The Bertz CT molecular complexity index is 683. The fourth-order valence-corrected chi connectivity index (χ4v) is 5.39. The molecule has 150 valence electrons. The lowest BCUT2D eigenvalue weighted by Gasteiger charge is -2.36. The Labute approximate surface area is 161 Å². The number of ether oxygens (including phenoxy) is 1. The van der Waals surface area contributed by atoms with Crippen LogP contribution in [0.3, 0.4) is 0 Å². The second kappa shape index (κ2) is 8.06. The summed E-state index contributed by atoms with van der Waals surface area (Å²) in [6.07, 6.45) is 1.40. The average Bonchev–Trinajstić information content (AvgIpc) is 3.05. The lowest BCUT2D eigenvalue weighted by Crippen LogP contribution is -2.44. The Morgan fingerprint density at radius 3 is 2.78 bits per heavy atom. The van der Waals surface area contributed by atoms with E-state index in [2.05, 4.69) is 25.7 Å². The van der Waals surface area contributed by atoms with E-state index in [-0.39, 0.29) is 30.2 Å².